The van der Waals surface area contributed by atoms with Crippen molar-refractivity contribution in [3.63, 3.8) is 0 Å². The van der Waals surface area contributed by atoms with Crippen LogP contribution in [0.1, 0.15) is 78.4 Å². The molecule has 3 aliphatic rings. The molecule has 2 fully saturated rings. The normalized spacial score (nSPS) is 23.3. The summed E-state index contributed by atoms with van der Waals surface area (Å²) >= 11 is 8.74. The monoisotopic (exact) mass is 1090 g/mol. The van der Waals surface area contributed by atoms with Crippen LogP contribution in [0.3, 0.4) is 0 Å². The number of aliphatic hydroxyl groups excluding tert-OH is 1. The molecule has 2 aromatic heterocycles. The van der Waals surface area contributed by atoms with Crippen LogP contribution in [0.2, 0.25) is 5.02 Å². The molecule has 0 aliphatic carbocycles. The molecule has 2 aromatic carbocycles. The molecule has 0 saturated carbocycles. The third-order valence-electron chi connectivity index (χ3n) is 13.0. The average Bonchev–Trinajstić information content (AvgIpc) is 4.01. The first-order valence-electron chi connectivity index (χ1n) is 24.1. The maximum atomic E-state index is 14.3. The Labute approximate surface area is 446 Å². The first-order chi connectivity index (χ1) is 35.5. The van der Waals surface area contributed by atoms with E-state index in [0.717, 1.165) is 38.3 Å². The lowest BCUT2D eigenvalue weighted by atomic mass is 9.85. The summed E-state index contributed by atoms with van der Waals surface area (Å²) in [5.41, 5.74) is 8.60. The lowest BCUT2D eigenvalue weighted by molar-refractivity contribution is -0.144. The Bertz CT molecular complexity index is 2890. The van der Waals surface area contributed by atoms with Gasteiger partial charge in [-0.25, -0.2) is 0 Å². The van der Waals surface area contributed by atoms with Crippen LogP contribution >= 0.6 is 34.7 Å². The van der Waals surface area contributed by atoms with Gasteiger partial charge in [0, 0.05) is 52.7 Å². The summed E-state index contributed by atoms with van der Waals surface area (Å²) in [6.07, 6.45) is -1.65. The Kier molecular flexibility index (Phi) is 17.7. The van der Waals surface area contributed by atoms with Gasteiger partial charge >= 0.3 is 0 Å². The van der Waals surface area contributed by atoms with Crippen LogP contribution in [0.15, 0.2) is 53.5 Å². The molecule has 7 atom stereocenters. The second kappa shape index (κ2) is 23.8. The van der Waals surface area contributed by atoms with Gasteiger partial charge in [0.25, 0.3) is 0 Å². The number of ether oxygens (including phenoxy) is 1. The molecule has 8 amide bonds. The number of rotatable bonds is 9. The largest absolute Gasteiger partial charge is 0.497 e. The number of benzene rings is 2. The van der Waals surface area contributed by atoms with Crippen LogP contribution in [0.25, 0.3) is 5.00 Å². The molecule has 0 spiro atoms. The molecule has 4 aromatic rings. The highest BCUT2D eigenvalue weighted by atomic mass is 35.5. The Morgan fingerprint density at radius 1 is 0.907 bits per heavy atom. The van der Waals surface area contributed by atoms with Crippen molar-refractivity contribution in [1.82, 2.24) is 51.6 Å². The summed E-state index contributed by atoms with van der Waals surface area (Å²) in [5.74, 6) is -5.30. The number of thiophene rings is 1. The van der Waals surface area contributed by atoms with Gasteiger partial charge in [0.15, 0.2) is 5.82 Å². The highest BCUT2D eigenvalue weighted by Crippen LogP contribution is 2.40. The molecule has 2 saturated heterocycles. The van der Waals surface area contributed by atoms with Crippen LogP contribution in [-0.4, -0.2) is 152 Å². The minimum absolute atomic E-state index is 0.0914. The fourth-order valence-electron chi connectivity index (χ4n) is 8.88. The van der Waals surface area contributed by atoms with Gasteiger partial charge in [-0.1, -0.05) is 56.6 Å². The third kappa shape index (κ3) is 13.3. The predicted molar refractivity (Wildman–Crippen MR) is 280 cm³/mol. The number of aliphatic hydroxyl groups is 1. The summed E-state index contributed by atoms with van der Waals surface area (Å²) < 4.78 is 7.14. The number of carbonyl (C=O) groups excluding carboxylic acids is 8. The number of methoxy groups -OCH3 is 1. The standard InChI is InChI=1S/C50H61ClN12O10S2/c1-24-25(2)75-49-40(24)41(28-10-12-29(51)13-11-28)56-32(44-61-60-26(3)63(44)49)18-37(65)53-19-34-46(70)58-35(43(52)68)22-74-23-39(67)59-42(50(4,5)6)48(72)62-21-30(64)17-36(62)47(71)57-33(45(69)54-20-38(66)55-34)16-27-8-14-31(73-7)15-9-27/h8-15,30,32-36,42,64H,16-23H2,1-7H3,(H2,52,68)(H,53,65)(H,54,69)(H,55,66)(H,57,71)(H,58,70)(H,59,67)/t30-,32+,33+,34-,35-,36+,42-/m1/s1. The topological polar surface area (TPSA) is 311 Å². The van der Waals surface area contributed by atoms with Gasteiger partial charge in [-0.15, -0.1) is 33.3 Å². The third-order valence-corrected chi connectivity index (χ3v) is 15.5. The fourth-order valence-corrected chi connectivity index (χ4v) is 11.1. The number of nitrogens with zero attached hydrogens (tertiary/aromatic N) is 5. The minimum atomic E-state index is -1.57. The number of aliphatic imine (C=N–C) groups is 1. The van der Waals surface area contributed by atoms with Crippen molar-refractivity contribution in [3.8, 4) is 10.8 Å². The zero-order valence-electron chi connectivity index (χ0n) is 42.4. The van der Waals surface area contributed by atoms with E-state index in [-0.39, 0.29) is 37.3 Å². The molecule has 0 radical (unpaired) electrons. The van der Waals surface area contributed by atoms with Gasteiger partial charge in [0.1, 0.15) is 52.8 Å². The van der Waals surface area contributed by atoms with E-state index in [1.54, 1.807) is 64.1 Å². The highest BCUT2D eigenvalue weighted by molar-refractivity contribution is 8.00. The van der Waals surface area contributed by atoms with Crippen LogP contribution in [0.4, 0.5) is 0 Å². The van der Waals surface area contributed by atoms with Crippen LogP contribution in [-0.2, 0) is 44.8 Å². The lowest BCUT2D eigenvalue weighted by Crippen LogP contribution is -2.59. The number of halogens is 1. The van der Waals surface area contributed by atoms with E-state index in [9.17, 15) is 43.5 Å². The molecular formula is C50H61ClN12O10S2. The van der Waals surface area contributed by atoms with Crippen molar-refractivity contribution in [2.45, 2.75) is 103 Å². The number of hydrogen-bond donors (Lipinski definition) is 8. The molecule has 75 heavy (non-hydrogen) atoms. The zero-order valence-corrected chi connectivity index (χ0v) is 44.8. The second-order valence-electron chi connectivity index (χ2n) is 19.6. The van der Waals surface area contributed by atoms with Gasteiger partial charge < -0.3 is 52.4 Å². The van der Waals surface area contributed by atoms with Crippen molar-refractivity contribution in [2.75, 3.05) is 38.2 Å². The maximum absolute atomic E-state index is 14.3. The molecule has 7 rings (SSSR count). The number of carbonyl (C=O) groups is 8. The zero-order chi connectivity index (χ0) is 54.5. The average molecular weight is 1090 g/mol. The molecule has 0 unspecified atom stereocenters. The number of thioether (sulfide) groups is 1. The number of nitrogens with one attached hydrogen (secondary N) is 6. The Balaban J connectivity index is 1.16. The summed E-state index contributed by atoms with van der Waals surface area (Å²) in [6.45, 7) is 9.46. The molecule has 22 nitrogen and oxygen atoms in total. The van der Waals surface area contributed by atoms with Gasteiger partial charge in [-0.05, 0) is 61.6 Å². The number of nitrogens with two attached hydrogens (primary N) is 1. The van der Waals surface area contributed by atoms with Gasteiger partial charge in [0.05, 0.1) is 37.6 Å². The smallest absolute Gasteiger partial charge is 0.246 e. The van der Waals surface area contributed by atoms with Crippen molar-refractivity contribution >= 4 is 87.7 Å². The molecular weight excluding hydrogens is 1030 g/mol. The summed E-state index contributed by atoms with van der Waals surface area (Å²) in [5, 5.41) is 36.7. The van der Waals surface area contributed by atoms with Crippen LogP contribution in [0.5, 0.6) is 5.75 Å². The van der Waals surface area contributed by atoms with E-state index >= 15 is 0 Å². The molecule has 0 bridgehead atoms. The first kappa shape index (κ1) is 55.9. The van der Waals surface area contributed by atoms with Crippen molar-refractivity contribution in [3.05, 3.63) is 92.3 Å². The number of primary amides is 1. The van der Waals surface area contributed by atoms with E-state index in [4.69, 9.17) is 27.1 Å². The Morgan fingerprint density at radius 2 is 1.61 bits per heavy atom. The summed E-state index contributed by atoms with van der Waals surface area (Å²) in [6, 6.07) is 6.21. The molecule has 3 aliphatic heterocycles. The second-order valence-corrected chi connectivity index (χ2v) is 22.3. The Hall–Kier alpha value is -6.89. The molecule has 5 heterocycles. The maximum Gasteiger partial charge on any atom is 0.246 e. The van der Waals surface area contributed by atoms with Crippen molar-refractivity contribution in [2.24, 2.45) is 16.1 Å². The van der Waals surface area contributed by atoms with E-state index in [1.807, 2.05) is 30.5 Å². The highest BCUT2D eigenvalue weighted by Gasteiger charge is 2.45. The number of hydrogen-bond acceptors (Lipinski definition) is 15. The van der Waals surface area contributed by atoms with E-state index < -0.39 is 108 Å². The summed E-state index contributed by atoms with van der Waals surface area (Å²) in [7, 11) is 1.49. The van der Waals surface area contributed by atoms with Crippen molar-refractivity contribution in [1.29, 1.82) is 0 Å². The lowest BCUT2D eigenvalue weighted by Gasteiger charge is -2.35. The minimum Gasteiger partial charge on any atom is -0.497 e. The molecule has 9 N–H and O–H groups in total. The van der Waals surface area contributed by atoms with Gasteiger partial charge in [0.2, 0.25) is 47.3 Å². The number of aryl methyl sites for hydroxylation is 2. The van der Waals surface area contributed by atoms with E-state index in [1.165, 1.54) is 23.3 Å². The number of aromatic nitrogens is 3. The van der Waals surface area contributed by atoms with E-state index in [2.05, 4.69) is 42.1 Å². The van der Waals surface area contributed by atoms with Crippen LogP contribution < -0.4 is 42.4 Å². The molecule has 400 valence electrons. The van der Waals surface area contributed by atoms with E-state index in [0.29, 0.717) is 33.7 Å². The summed E-state index contributed by atoms with van der Waals surface area (Å²) in [4.78, 5) is 118. The molecule has 25 heteroatoms. The first-order valence-corrected chi connectivity index (χ1v) is 26.5. The quantitative estimate of drug-likeness (QED) is 0.116. The SMILES string of the molecule is COc1ccc(C[C@@H]2NC(=O)[C@@H]3C[C@@H](O)CN3C(=O)[C@H](C(C)(C)C)NC(=O)CSC[C@H](C(N)=O)NC(=O)[C@@H](CNC(=O)C[C@@H]3N=C(c4ccc(Cl)cc4)c4c(sc(C)c4C)-n4c(C)nnc43)NC(=O)CNC2=O)cc1. The predicted octanol–water partition coefficient (Wildman–Crippen LogP) is 0.853. The Morgan fingerprint density at radius 3 is 2.28 bits per heavy atom. The van der Waals surface area contributed by atoms with Gasteiger partial charge in [-0.3, -0.25) is 47.9 Å². The van der Waals surface area contributed by atoms with Gasteiger partial charge in [-0.2, -0.15) is 0 Å². The van der Waals surface area contributed by atoms with Crippen molar-refractivity contribution < 1.29 is 48.2 Å². The number of amides is 8. The fraction of sp³-hybridized carbons (Fsp3) is 0.460. The van der Waals surface area contributed by atoms with Crippen LogP contribution in [0, 0.1) is 26.2 Å². The number of fused-ring (bicyclic) bond motifs is 4.